The van der Waals surface area contributed by atoms with Gasteiger partial charge in [-0.15, -0.1) is 0 Å². The number of hydrogen-bond donors (Lipinski definition) is 2. The molecule has 16 heavy (non-hydrogen) atoms. The third kappa shape index (κ3) is 4.77. The molecule has 0 heterocycles. The SMILES string of the molecule is CS(=O)(=O)CS(=O)(=O)NCC1(CCN)CC1. The van der Waals surface area contributed by atoms with Gasteiger partial charge < -0.3 is 5.73 Å². The van der Waals surface area contributed by atoms with E-state index < -0.39 is 24.9 Å². The van der Waals surface area contributed by atoms with E-state index in [4.69, 9.17) is 5.73 Å². The highest BCUT2D eigenvalue weighted by molar-refractivity contribution is 8.06. The quantitative estimate of drug-likeness (QED) is 0.619. The molecule has 0 saturated heterocycles. The molecule has 6 nitrogen and oxygen atoms in total. The molecule has 8 heteroatoms. The summed E-state index contributed by atoms with van der Waals surface area (Å²) in [5, 5.41) is -0.849. The number of rotatable bonds is 7. The van der Waals surface area contributed by atoms with E-state index in [2.05, 4.69) is 4.72 Å². The molecule has 0 unspecified atom stereocenters. The summed E-state index contributed by atoms with van der Waals surface area (Å²) in [6.07, 6.45) is 3.57. The van der Waals surface area contributed by atoms with Crippen LogP contribution >= 0.6 is 0 Å². The molecule has 0 spiro atoms. The molecule has 1 fully saturated rings. The number of hydrogen-bond acceptors (Lipinski definition) is 5. The van der Waals surface area contributed by atoms with Gasteiger partial charge in [-0.25, -0.2) is 21.6 Å². The van der Waals surface area contributed by atoms with Gasteiger partial charge in [-0.1, -0.05) is 0 Å². The molecule has 1 aliphatic rings. The Bertz CT molecular complexity index is 437. The van der Waals surface area contributed by atoms with E-state index in [1.807, 2.05) is 0 Å². The third-order valence-corrected chi connectivity index (χ3v) is 6.21. The van der Waals surface area contributed by atoms with Crippen molar-refractivity contribution >= 4 is 19.9 Å². The minimum absolute atomic E-state index is 0.0284. The van der Waals surface area contributed by atoms with Crippen LogP contribution in [0.25, 0.3) is 0 Å². The predicted molar refractivity (Wildman–Crippen MR) is 62.0 cm³/mol. The normalized spacial score (nSPS) is 19.6. The first-order chi connectivity index (χ1) is 7.18. The Balaban J connectivity index is 2.49. The van der Waals surface area contributed by atoms with Gasteiger partial charge in [0.1, 0.15) is 0 Å². The largest absolute Gasteiger partial charge is 0.330 e. The molecule has 0 aliphatic heterocycles. The van der Waals surface area contributed by atoms with Gasteiger partial charge >= 0.3 is 0 Å². The van der Waals surface area contributed by atoms with Crippen LogP contribution in [0.1, 0.15) is 19.3 Å². The van der Waals surface area contributed by atoms with Gasteiger partial charge in [-0.3, -0.25) is 0 Å². The van der Waals surface area contributed by atoms with E-state index in [-0.39, 0.29) is 5.41 Å². The van der Waals surface area contributed by atoms with Crippen LogP contribution in [-0.2, 0) is 19.9 Å². The van der Waals surface area contributed by atoms with Crippen LogP contribution in [0.15, 0.2) is 0 Å². The molecule has 0 amide bonds. The minimum atomic E-state index is -3.73. The van der Waals surface area contributed by atoms with E-state index in [0.717, 1.165) is 25.5 Å². The molecule has 0 aromatic rings. The number of sulfonamides is 1. The molecule has 0 bridgehead atoms. The summed E-state index contributed by atoms with van der Waals surface area (Å²) in [6.45, 7) is 0.815. The van der Waals surface area contributed by atoms with Crippen molar-refractivity contribution in [1.82, 2.24) is 4.72 Å². The van der Waals surface area contributed by atoms with E-state index in [9.17, 15) is 16.8 Å². The smallest absolute Gasteiger partial charge is 0.226 e. The molecule has 1 rings (SSSR count). The van der Waals surface area contributed by atoms with E-state index >= 15 is 0 Å². The van der Waals surface area contributed by atoms with E-state index in [1.54, 1.807) is 0 Å². The summed E-state index contributed by atoms with van der Waals surface area (Å²) in [4.78, 5) is 0. The first kappa shape index (κ1) is 13.9. The van der Waals surface area contributed by atoms with Crippen LogP contribution in [0.4, 0.5) is 0 Å². The molecule has 0 atom stereocenters. The van der Waals surface area contributed by atoms with Gasteiger partial charge in [-0.05, 0) is 31.2 Å². The fraction of sp³-hybridized carbons (Fsp3) is 1.00. The summed E-state index contributed by atoms with van der Waals surface area (Å²) in [5.41, 5.74) is 5.39. The summed E-state index contributed by atoms with van der Waals surface area (Å²) >= 11 is 0. The fourth-order valence-corrected chi connectivity index (χ4v) is 4.70. The van der Waals surface area contributed by atoms with Crippen molar-refractivity contribution < 1.29 is 16.8 Å². The Labute approximate surface area is 96.6 Å². The van der Waals surface area contributed by atoms with Crippen LogP contribution in [-0.4, -0.2) is 41.3 Å². The highest BCUT2D eigenvalue weighted by Crippen LogP contribution is 2.47. The van der Waals surface area contributed by atoms with Gasteiger partial charge in [0.05, 0.1) is 0 Å². The summed E-state index contributed by atoms with van der Waals surface area (Å²) < 4.78 is 46.9. The van der Waals surface area contributed by atoms with Crippen molar-refractivity contribution in [2.24, 2.45) is 11.1 Å². The lowest BCUT2D eigenvalue weighted by Crippen LogP contribution is -2.34. The van der Waals surface area contributed by atoms with Gasteiger partial charge in [0.25, 0.3) is 0 Å². The van der Waals surface area contributed by atoms with Gasteiger partial charge in [0.2, 0.25) is 10.0 Å². The maximum Gasteiger partial charge on any atom is 0.226 e. The number of nitrogens with one attached hydrogen (secondary N) is 1. The number of nitrogens with two attached hydrogens (primary N) is 1. The van der Waals surface area contributed by atoms with Crippen LogP contribution in [0.5, 0.6) is 0 Å². The van der Waals surface area contributed by atoms with Crippen LogP contribution < -0.4 is 10.5 Å². The molecule has 0 aromatic carbocycles. The predicted octanol–water partition coefficient (Wildman–Crippen LogP) is -0.963. The maximum atomic E-state index is 11.4. The average Bonchev–Trinajstić information content (AvgIpc) is 2.79. The Hall–Kier alpha value is -0.180. The average molecular weight is 270 g/mol. The van der Waals surface area contributed by atoms with Crippen molar-refractivity contribution in [1.29, 1.82) is 0 Å². The van der Waals surface area contributed by atoms with Crippen molar-refractivity contribution in [3.63, 3.8) is 0 Å². The topological polar surface area (TPSA) is 106 Å². The lowest BCUT2D eigenvalue weighted by Gasteiger charge is -2.14. The molecule has 1 saturated carbocycles. The standard InChI is InChI=1S/C8H18N2O4S2/c1-15(11,12)7-16(13,14)10-6-8(2-3-8)4-5-9/h10H,2-7,9H2,1H3. The van der Waals surface area contributed by atoms with Crippen molar-refractivity contribution in [3.8, 4) is 0 Å². The third-order valence-electron chi connectivity index (χ3n) is 2.67. The zero-order valence-corrected chi connectivity index (χ0v) is 10.9. The second-order valence-corrected chi connectivity index (χ2v) is 8.83. The number of sulfone groups is 1. The van der Waals surface area contributed by atoms with E-state index in [1.165, 1.54) is 0 Å². The molecule has 0 radical (unpaired) electrons. The molecule has 0 aromatic heterocycles. The van der Waals surface area contributed by atoms with Gasteiger partial charge in [-0.2, -0.15) is 0 Å². The van der Waals surface area contributed by atoms with Gasteiger partial charge in [0, 0.05) is 12.8 Å². The van der Waals surface area contributed by atoms with Crippen LogP contribution in [0.2, 0.25) is 0 Å². The minimum Gasteiger partial charge on any atom is -0.330 e. The molecule has 1 aliphatic carbocycles. The maximum absolute atomic E-state index is 11.4. The fourth-order valence-electron chi connectivity index (χ4n) is 1.58. The first-order valence-electron chi connectivity index (χ1n) is 5.03. The second kappa shape index (κ2) is 4.59. The first-order valence-corrected chi connectivity index (χ1v) is 8.75. The molecular weight excluding hydrogens is 252 g/mol. The monoisotopic (exact) mass is 270 g/mol. The van der Waals surface area contributed by atoms with E-state index in [0.29, 0.717) is 13.1 Å². The Morgan fingerprint density at radius 2 is 1.81 bits per heavy atom. The zero-order valence-electron chi connectivity index (χ0n) is 9.27. The summed E-state index contributed by atoms with van der Waals surface area (Å²) in [6, 6.07) is 0. The Kier molecular flexibility index (Phi) is 3.99. The zero-order chi connectivity index (χ0) is 12.4. The second-order valence-electron chi connectivity index (χ2n) is 4.52. The molecular formula is C8H18N2O4S2. The summed E-state index contributed by atoms with van der Waals surface area (Å²) in [5.74, 6) is 0. The van der Waals surface area contributed by atoms with Crippen molar-refractivity contribution in [3.05, 3.63) is 0 Å². The Morgan fingerprint density at radius 3 is 2.19 bits per heavy atom. The lowest BCUT2D eigenvalue weighted by molar-refractivity contribution is 0.462. The van der Waals surface area contributed by atoms with Gasteiger partial charge in [0.15, 0.2) is 14.9 Å². The Morgan fingerprint density at radius 1 is 1.25 bits per heavy atom. The molecule has 96 valence electrons. The molecule has 3 N–H and O–H groups in total. The lowest BCUT2D eigenvalue weighted by atomic mass is 10.0. The van der Waals surface area contributed by atoms with Crippen LogP contribution in [0, 0.1) is 5.41 Å². The van der Waals surface area contributed by atoms with Crippen molar-refractivity contribution in [2.45, 2.75) is 19.3 Å². The van der Waals surface area contributed by atoms with Crippen LogP contribution in [0.3, 0.4) is 0 Å². The summed E-state index contributed by atoms with van der Waals surface area (Å²) in [7, 11) is -7.25. The highest BCUT2D eigenvalue weighted by atomic mass is 32.3. The highest BCUT2D eigenvalue weighted by Gasteiger charge is 2.42. The van der Waals surface area contributed by atoms with Crippen molar-refractivity contribution in [2.75, 3.05) is 24.4 Å².